The topological polar surface area (TPSA) is 81.1 Å². The smallest absolute Gasteiger partial charge is 0.314 e. The summed E-state index contributed by atoms with van der Waals surface area (Å²) >= 11 is 0. The number of anilines is 1. The fourth-order valence-corrected chi connectivity index (χ4v) is 2.01. The Balaban J connectivity index is 2.62. The Morgan fingerprint density at radius 2 is 2.29 bits per heavy atom. The molecule has 1 aromatic heterocycles. The molecule has 5 nitrogen and oxygen atoms in total. The highest BCUT2D eigenvalue weighted by Gasteiger charge is 2.23. The van der Waals surface area contributed by atoms with Gasteiger partial charge >= 0.3 is 5.97 Å². The van der Waals surface area contributed by atoms with Crippen LogP contribution >= 0.6 is 0 Å². The fraction of sp³-hybridized carbons (Fsp3) is 0.333. The number of nitrogens with zero attached hydrogens (tertiary/aromatic N) is 2. The summed E-state index contributed by atoms with van der Waals surface area (Å²) in [5.41, 5.74) is 7.95. The molecule has 0 saturated carbocycles. The molecule has 0 amide bonds. The van der Waals surface area contributed by atoms with Crippen LogP contribution in [-0.4, -0.2) is 20.6 Å². The highest BCUT2D eigenvalue weighted by atomic mass is 16.4. The van der Waals surface area contributed by atoms with Gasteiger partial charge in [-0.1, -0.05) is 6.92 Å². The third-order valence-electron chi connectivity index (χ3n) is 2.96. The quantitative estimate of drug-likeness (QED) is 0.791. The van der Waals surface area contributed by atoms with Crippen LogP contribution in [0.15, 0.2) is 18.2 Å². The van der Waals surface area contributed by atoms with E-state index in [1.165, 1.54) is 0 Å². The first-order valence-electron chi connectivity index (χ1n) is 5.49. The van der Waals surface area contributed by atoms with Gasteiger partial charge in [-0.05, 0) is 24.6 Å². The average Bonchev–Trinajstić information content (AvgIpc) is 2.56. The zero-order valence-corrected chi connectivity index (χ0v) is 9.84. The lowest BCUT2D eigenvalue weighted by molar-refractivity contribution is -0.139. The second kappa shape index (κ2) is 4.08. The molecule has 90 valence electrons. The van der Waals surface area contributed by atoms with Crippen molar-refractivity contribution in [3.8, 4) is 0 Å². The Hall–Kier alpha value is -2.04. The van der Waals surface area contributed by atoms with E-state index in [9.17, 15) is 4.79 Å². The van der Waals surface area contributed by atoms with E-state index in [2.05, 4.69) is 4.98 Å². The number of nitrogen functional groups attached to an aromatic ring is 1. The number of hydrogen-bond donors (Lipinski definition) is 2. The Bertz CT molecular complexity index is 574. The van der Waals surface area contributed by atoms with E-state index in [4.69, 9.17) is 10.8 Å². The molecule has 0 saturated heterocycles. The number of aromatic nitrogens is 2. The summed E-state index contributed by atoms with van der Waals surface area (Å²) in [6.07, 6.45) is 0.516. The van der Waals surface area contributed by atoms with Gasteiger partial charge in [0.2, 0.25) is 0 Å². The maximum absolute atomic E-state index is 11.1. The molecule has 2 rings (SSSR count). The minimum Gasteiger partial charge on any atom is -0.481 e. The summed E-state index contributed by atoms with van der Waals surface area (Å²) in [5, 5.41) is 9.15. The summed E-state index contributed by atoms with van der Waals surface area (Å²) in [6, 6.07) is 5.40. The first kappa shape index (κ1) is 11.4. The van der Waals surface area contributed by atoms with Gasteiger partial charge in [-0.15, -0.1) is 0 Å². The number of carbonyl (C=O) groups is 1. The van der Waals surface area contributed by atoms with Crippen molar-refractivity contribution in [1.29, 1.82) is 0 Å². The van der Waals surface area contributed by atoms with Crippen molar-refractivity contribution in [2.45, 2.75) is 19.3 Å². The number of carboxylic acid groups (broad SMARTS) is 1. The summed E-state index contributed by atoms with van der Waals surface area (Å²) < 4.78 is 1.82. The molecule has 0 aliphatic carbocycles. The van der Waals surface area contributed by atoms with Crippen molar-refractivity contribution in [1.82, 2.24) is 9.55 Å². The summed E-state index contributed by atoms with van der Waals surface area (Å²) in [6.45, 7) is 1.84. The molecular formula is C12H15N3O2. The standard InChI is InChI=1S/C12H15N3O2/c1-3-8(12(16)17)11-14-9-6-7(13)4-5-10(9)15(11)2/h4-6,8H,3,13H2,1-2H3,(H,16,17). The number of carboxylic acids is 1. The monoisotopic (exact) mass is 233 g/mol. The molecule has 17 heavy (non-hydrogen) atoms. The Labute approximate surface area is 98.9 Å². The van der Waals surface area contributed by atoms with Gasteiger partial charge in [0.05, 0.1) is 11.0 Å². The maximum Gasteiger partial charge on any atom is 0.314 e. The van der Waals surface area contributed by atoms with Gasteiger partial charge in [-0.25, -0.2) is 4.98 Å². The predicted molar refractivity (Wildman–Crippen MR) is 65.8 cm³/mol. The maximum atomic E-state index is 11.1. The second-order valence-electron chi connectivity index (χ2n) is 4.08. The molecule has 1 heterocycles. The molecule has 0 aliphatic rings. The van der Waals surface area contributed by atoms with Gasteiger partial charge in [-0.3, -0.25) is 4.79 Å². The Morgan fingerprint density at radius 1 is 1.59 bits per heavy atom. The van der Waals surface area contributed by atoms with Crippen LogP contribution in [0.2, 0.25) is 0 Å². The molecule has 0 fully saturated rings. The molecule has 3 N–H and O–H groups in total. The van der Waals surface area contributed by atoms with Crippen molar-refractivity contribution in [3.05, 3.63) is 24.0 Å². The molecule has 0 bridgehead atoms. The number of nitrogens with two attached hydrogens (primary N) is 1. The number of benzene rings is 1. The molecule has 1 atom stereocenters. The number of rotatable bonds is 3. The van der Waals surface area contributed by atoms with Crippen molar-refractivity contribution in [2.75, 3.05) is 5.73 Å². The van der Waals surface area contributed by atoms with Crippen LogP contribution in [0.3, 0.4) is 0 Å². The zero-order valence-electron chi connectivity index (χ0n) is 9.84. The molecule has 1 unspecified atom stereocenters. The van der Waals surface area contributed by atoms with Gasteiger partial charge in [0.1, 0.15) is 11.7 Å². The van der Waals surface area contributed by atoms with Crippen LogP contribution < -0.4 is 5.73 Å². The molecular weight excluding hydrogens is 218 g/mol. The van der Waals surface area contributed by atoms with E-state index < -0.39 is 11.9 Å². The van der Waals surface area contributed by atoms with E-state index in [1.807, 2.05) is 24.6 Å². The van der Waals surface area contributed by atoms with Gasteiger partial charge in [0.15, 0.2) is 0 Å². The molecule has 0 aliphatic heterocycles. The number of hydrogen-bond acceptors (Lipinski definition) is 3. The van der Waals surface area contributed by atoms with Crippen LogP contribution in [0, 0.1) is 0 Å². The van der Waals surface area contributed by atoms with E-state index in [-0.39, 0.29) is 0 Å². The van der Waals surface area contributed by atoms with Gasteiger partial charge < -0.3 is 15.4 Å². The average molecular weight is 233 g/mol. The Morgan fingerprint density at radius 3 is 2.88 bits per heavy atom. The van der Waals surface area contributed by atoms with E-state index in [0.717, 1.165) is 11.0 Å². The largest absolute Gasteiger partial charge is 0.481 e. The van der Waals surface area contributed by atoms with E-state index in [0.29, 0.717) is 17.9 Å². The highest BCUT2D eigenvalue weighted by molar-refractivity contribution is 5.82. The fourth-order valence-electron chi connectivity index (χ4n) is 2.01. The normalized spacial score (nSPS) is 12.8. The third-order valence-corrected chi connectivity index (χ3v) is 2.96. The third kappa shape index (κ3) is 1.84. The van der Waals surface area contributed by atoms with Crippen LogP contribution in [0.25, 0.3) is 11.0 Å². The number of fused-ring (bicyclic) bond motifs is 1. The first-order chi connectivity index (χ1) is 8.04. The minimum absolute atomic E-state index is 0.516. The second-order valence-corrected chi connectivity index (χ2v) is 4.08. The minimum atomic E-state index is -0.848. The molecule has 0 radical (unpaired) electrons. The summed E-state index contributed by atoms with van der Waals surface area (Å²) in [7, 11) is 1.83. The van der Waals surface area contributed by atoms with E-state index >= 15 is 0 Å². The summed E-state index contributed by atoms with van der Waals surface area (Å²) in [5.74, 6) is -0.854. The van der Waals surface area contributed by atoms with Crippen LogP contribution in [-0.2, 0) is 11.8 Å². The number of aryl methyl sites for hydroxylation is 1. The van der Waals surface area contributed by atoms with Crippen LogP contribution in [0.1, 0.15) is 25.1 Å². The lowest BCUT2D eigenvalue weighted by atomic mass is 10.1. The van der Waals surface area contributed by atoms with E-state index in [1.54, 1.807) is 12.1 Å². The molecule has 2 aromatic rings. The van der Waals surface area contributed by atoms with Gasteiger partial charge in [0.25, 0.3) is 0 Å². The van der Waals surface area contributed by atoms with Crippen molar-refractivity contribution >= 4 is 22.7 Å². The lowest BCUT2D eigenvalue weighted by Crippen LogP contribution is -2.15. The summed E-state index contributed by atoms with van der Waals surface area (Å²) in [4.78, 5) is 15.5. The number of imidazole rings is 1. The van der Waals surface area contributed by atoms with Crippen LogP contribution in [0.5, 0.6) is 0 Å². The van der Waals surface area contributed by atoms with Crippen molar-refractivity contribution in [2.24, 2.45) is 7.05 Å². The number of aliphatic carboxylic acids is 1. The lowest BCUT2D eigenvalue weighted by Gasteiger charge is -2.09. The van der Waals surface area contributed by atoms with Crippen LogP contribution in [0.4, 0.5) is 5.69 Å². The highest BCUT2D eigenvalue weighted by Crippen LogP contribution is 2.24. The predicted octanol–water partition coefficient (Wildman–Crippen LogP) is 1.73. The Kier molecular flexibility index (Phi) is 2.75. The van der Waals surface area contributed by atoms with Crippen molar-refractivity contribution < 1.29 is 9.90 Å². The molecule has 5 heteroatoms. The van der Waals surface area contributed by atoms with Gasteiger partial charge in [0, 0.05) is 12.7 Å². The van der Waals surface area contributed by atoms with Gasteiger partial charge in [-0.2, -0.15) is 0 Å². The SMILES string of the molecule is CCC(C(=O)O)c1nc2cc(N)ccc2n1C. The first-order valence-corrected chi connectivity index (χ1v) is 5.49. The molecule has 0 spiro atoms. The van der Waals surface area contributed by atoms with Crippen molar-refractivity contribution in [3.63, 3.8) is 0 Å². The molecule has 1 aromatic carbocycles. The zero-order chi connectivity index (χ0) is 12.6.